The molecule has 0 spiro atoms. The van der Waals surface area contributed by atoms with Crippen LogP contribution in [0.4, 0.5) is 0 Å². The van der Waals surface area contributed by atoms with Crippen molar-refractivity contribution in [3.8, 4) is 0 Å². The van der Waals surface area contributed by atoms with Crippen molar-refractivity contribution in [1.82, 2.24) is 4.90 Å². The van der Waals surface area contributed by atoms with E-state index in [4.69, 9.17) is 4.99 Å². The van der Waals surface area contributed by atoms with E-state index in [1.54, 1.807) is 11.8 Å². The fourth-order valence-corrected chi connectivity index (χ4v) is 5.41. The number of thioether (sulfide) groups is 1. The van der Waals surface area contributed by atoms with Crippen LogP contribution in [-0.4, -0.2) is 28.1 Å². The van der Waals surface area contributed by atoms with Crippen LogP contribution in [0.25, 0.3) is 6.08 Å². The molecule has 0 unspecified atom stereocenters. The quantitative estimate of drug-likeness (QED) is 0.648. The van der Waals surface area contributed by atoms with Crippen molar-refractivity contribution in [2.24, 2.45) is 4.99 Å². The van der Waals surface area contributed by atoms with Gasteiger partial charge in [0.2, 0.25) is 0 Å². The summed E-state index contributed by atoms with van der Waals surface area (Å²) in [4.78, 5) is 21.2. The van der Waals surface area contributed by atoms with Crippen LogP contribution in [0.3, 0.4) is 0 Å². The predicted molar refractivity (Wildman–Crippen MR) is 110 cm³/mol. The van der Waals surface area contributed by atoms with Crippen molar-refractivity contribution in [3.05, 3.63) is 40.8 Å². The third-order valence-corrected chi connectivity index (χ3v) is 6.74. The molecular formula is C22H28N2OS. The summed E-state index contributed by atoms with van der Waals surface area (Å²) in [6.07, 6.45) is 14.3. The highest BCUT2D eigenvalue weighted by Crippen LogP contribution is 2.38. The van der Waals surface area contributed by atoms with Gasteiger partial charge in [-0.2, -0.15) is 0 Å². The summed E-state index contributed by atoms with van der Waals surface area (Å²) in [5.74, 6) is 0.167. The Morgan fingerprint density at radius 3 is 2.27 bits per heavy atom. The Kier molecular flexibility index (Phi) is 5.78. The summed E-state index contributed by atoms with van der Waals surface area (Å²) >= 11 is 1.60. The number of hydrogen-bond acceptors (Lipinski definition) is 3. The molecule has 4 rings (SSSR count). The zero-order valence-electron chi connectivity index (χ0n) is 15.4. The Balaban J connectivity index is 1.62. The van der Waals surface area contributed by atoms with Gasteiger partial charge in [-0.3, -0.25) is 14.7 Å². The average molecular weight is 369 g/mol. The molecule has 2 aliphatic carbocycles. The summed E-state index contributed by atoms with van der Waals surface area (Å²) in [5, 5.41) is 0.969. The maximum atomic E-state index is 13.2. The van der Waals surface area contributed by atoms with Crippen LogP contribution < -0.4 is 0 Å². The highest BCUT2D eigenvalue weighted by Gasteiger charge is 2.39. The van der Waals surface area contributed by atoms with E-state index >= 15 is 0 Å². The van der Waals surface area contributed by atoms with Crippen molar-refractivity contribution < 1.29 is 4.79 Å². The van der Waals surface area contributed by atoms with E-state index in [1.807, 2.05) is 29.2 Å². The minimum absolute atomic E-state index is 0.167. The van der Waals surface area contributed by atoms with Gasteiger partial charge >= 0.3 is 0 Å². The summed E-state index contributed by atoms with van der Waals surface area (Å²) < 4.78 is 0. The van der Waals surface area contributed by atoms with Gasteiger partial charge in [-0.1, -0.05) is 68.9 Å². The molecule has 3 fully saturated rings. The number of carbonyl (C=O) groups excluding carboxylic acids is 1. The first-order chi connectivity index (χ1) is 12.8. The highest BCUT2D eigenvalue weighted by molar-refractivity contribution is 8.18. The van der Waals surface area contributed by atoms with E-state index in [9.17, 15) is 4.79 Å². The van der Waals surface area contributed by atoms with E-state index in [1.165, 1.54) is 51.4 Å². The molecule has 26 heavy (non-hydrogen) atoms. The van der Waals surface area contributed by atoms with E-state index in [2.05, 4.69) is 12.1 Å². The summed E-state index contributed by atoms with van der Waals surface area (Å²) in [5.41, 5.74) is 1.09. The van der Waals surface area contributed by atoms with E-state index < -0.39 is 0 Å². The SMILES string of the molecule is O=C1C(=Cc2ccccc2)SC(=NC2CCCCC2)N1C1CCCCC1. The lowest BCUT2D eigenvalue weighted by molar-refractivity contribution is -0.124. The number of aliphatic imine (C=N–C) groups is 1. The van der Waals surface area contributed by atoms with Crippen molar-refractivity contribution in [2.45, 2.75) is 76.3 Å². The average Bonchev–Trinajstić information content (AvgIpc) is 2.99. The topological polar surface area (TPSA) is 32.7 Å². The standard InChI is InChI=1S/C22H28N2OS/c25-21-20(16-17-10-4-1-5-11-17)26-22(23-18-12-6-2-7-13-18)24(21)19-14-8-3-9-15-19/h1,4-5,10-11,16,18-19H,2-3,6-9,12-15H2. The molecule has 0 aromatic heterocycles. The first-order valence-corrected chi connectivity index (χ1v) is 11.0. The van der Waals surface area contributed by atoms with E-state index in [0.29, 0.717) is 12.1 Å². The van der Waals surface area contributed by atoms with Gasteiger partial charge in [0.05, 0.1) is 10.9 Å². The van der Waals surface area contributed by atoms with Crippen molar-refractivity contribution in [2.75, 3.05) is 0 Å². The monoisotopic (exact) mass is 368 g/mol. The number of hydrogen-bond donors (Lipinski definition) is 0. The molecule has 138 valence electrons. The Morgan fingerprint density at radius 2 is 1.58 bits per heavy atom. The fraction of sp³-hybridized carbons (Fsp3) is 0.545. The van der Waals surface area contributed by atoms with Crippen molar-refractivity contribution >= 4 is 28.9 Å². The Labute approximate surface area is 161 Å². The number of nitrogens with zero attached hydrogens (tertiary/aromatic N) is 2. The molecule has 1 aromatic carbocycles. The molecule has 3 nitrogen and oxygen atoms in total. The number of amides is 1. The van der Waals surface area contributed by atoms with Crippen molar-refractivity contribution in [3.63, 3.8) is 0 Å². The molecule has 1 saturated heterocycles. The molecule has 0 radical (unpaired) electrons. The Bertz CT molecular complexity index is 685. The molecule has 4 heteroatoms. The third-order valence-electron chi connectivity index (χ3n) is 5.74. The second kappa shape index (κ2) is 8.43. The summed E-state index contributed by atoms with van der Waals surface area (Å²) in [6, 6.07) is 10.9. The third kappa shape index (κ3) is 4.06. The van der Waals surface area contributed by atoms with Gasteiger partial charge in [0.25, 0.3) is 5.91 Å². The molecular weight excluding hydrogens is 340 g/mol. The fourth-order valence-electron chi connectivity index (χ4n) is 4.30. The summed E-state index contributed by atoms with van der Waals surface area (Å²) in [7, 11) is 0. The van der Waals surface area contributed by atoms with E-state index in [0.717, 1.165) is 28.5 Å². The first-order valence-electron chi connectivity index (χ1n) is 10.2. The normalized spacial score (nSPS) is 26.2. The number of benzene rings is 1. The molecule has 0 atom stereocenters. The lowest BCUT2D eigenvalue weighted by Crippen LogP contribution is -2.41. The molecule has 2 saturated carbocycles. The number of carbonyl (C=O) groups is 1. The van der Waals surface area contributed by atoms with Gasteiger partial charge in [-0.05, 0) is 49.1 Å². The Hall–Kier alpha value is -1.55. The second-order valence-corrected chi connectivity index (χ2v) is 8.70. The van der Waals surface area contributed by atoms with Crippen LogP contribution in [0.1, 0.15) is 69.8 Å². The number of rotatable bonds is 3. The lowest BCUT2D eigenvalue weighted by Gasteiger charge is -2.31. The van der Waals surface area contributed by atoms with Gasteiger partial charge < -0.3 is 0 Å². The Morgan fingerprint density at radius 1 is 0.923 bits per heavy atom. The first kappa shape index (κ1) is 17.8. The van der Waals surface area contributed by atoms with Crippen LogP contribution in [0.2, 0.25) is 0 Å². The minimum atomic E-state index is 0.167. The van der Waals surface area contributed by atoms with Gasteiger partial charge in [0.1, 0.15) is 0 Å². The lowest BCUT2D eigenvalue weighted by atomic mass is 9.94. The van der Waals surface area contributed by atoms with Crippen LogP contribution in [0.15, 0.2) is 40.2 Å². The molecule has 0 N–H and O–H groups in total. The van der Waals surface area contributed by atoms with Crippen molar-refractivity contribution in [1.29, 1.82) is 0 Å². The van der Waals surface area contributed by atoms with Crippen LogP contribution in [0.5, 0.6) is 0 Å². The summed E-state index contributed by atoms with van der Waals surface area (Å²) in [6.45, 7) is 0. The smallest absolute Gasteiger partial charge is 0.266 e. The molecule has 1 amide bonds. The number of amidine groups is 1. The zero-order chi connectivity index (χ0) is 17.8. The maximum absolute atomic E-state index is 13.2. The largest absolute Gasteiger partial charge is 0.284 e. The zero-order valence-corrected chi connectivity index (χ0v) is 16.2. The maximum Gasteiger partial charge on any atom is 0.266 e. The van der Waals surface area contributed by atoms with Gasteiger partial charge in [-0.15, -0.1) is 0 Å². The molecule has 1 aliphatic heterocycles. The van der Waals surface area contributed by atoms with Gasteiger partial charge in [0, 0.05) is 6.04 Å². The molecule has 1 heterocycles. The minimum Gasteiger partial charge on any atom is -0.284 e. The predicted octanol–water partition coefficient (Wildman–Crippen LogP) is 5.62. The van der Waals surface area contributed by atoms with Crippen LogP contribution in [0, 0.1) is 0 Å². The van der Waals surface area contributed by atoms with Crippen LogP contribution in [-0.2, 0) is 4.79 Å². The second-order valence-electron chi connectivity index (χ2n) is 7.69. The molecule has 1 aromatic rings. The molecule has 3 aliphatic rings. The van der Waals surface area contributed by atoms with Crippen LogP contribution >= 0.6 is 11.8 Å². The van der Waals surface area contributed by atoms with Gasteiger partial charge in [-0.25, -0.2) is 0 Å². The molecule has 0 bridgehead atoms. The highest BCUT2D eigenvalue weighted by atomic mass is 32.2. The van der Waals surface area contributed by atoms with E-state index in [-0.39, 0.29) is 5.91 Å². The van der Waals surface area contributed by atoms with Gasteiger partial charge in [0.15, 0.2) is 5.17 Å².